The van der Waals surface area contributed by atoms with E-state index in [1.54, 1.807) is 18.2 Å². The van der Waals surface area contributed by atoms with Crippen molar-refractivity contribution in [3.63, 3.8) is 0 Å². The second-order valence-electron chi connectivity index (χ2n) is 3.73. The number of hydrogen-bond acceptors (Lipinski definition) is 5. The number of ether oxygens (including phenoxy) is 1. The molecule has 0 aliphatic carbocycles. The molecule has 0 radical (unpaired) electrons. The Morgan fingerprint density at radius 1 is 1.14 bits per heavy atom. The molecule has 1 aromatic heterocycles. The van der Waals surface area contributed by atoms with Crippen molar-refractivity contribution in [3.8, 4) is 11.6 Å². The number of nitrogen functional groups attached to an aromatic ring is 1. The van der Waals surface area contributed by atoms with Crippen molar-refractivity contribution in [2.75, 3.05) is 5.43 Å². The second kappa shape index (κ2) is 6.16. The number of aromatic nitrogens is 2. The number of nitrogens with zero attached hydrogens (tertiary/aromatic N) is 2. The quantitative estimate of drug-likeness (QED) is 0.569. The van der Waals surface area contributed by atoms with Gasteiger partial charge in [0.25, 0.3) is 0 Å². The smallest absolute Gasteiger partial charge is 0.438 e. The number of nitrogens with one attached hydrogen (secondary N) is 1. The van der Waals surface area contributed by atoms with E-state index in [-0.39, 0.29) is 11.7 Å². The van der Waals surface area contributed by atoms with E-state index < -0.39 is 12.0 Å². The highest BCUT2D eigenvalue weighted by Crippen LogP contribution is 2.34. The Hall–Kier alpha value is -1.39. The van der Waals surface area contributed by atoms with E-state index in [1.165, 1.54) is 0 Å². The van der Waals surface area contributed by atoms with Crippen LogP contribution in [0.1, 0.15) is 5.82 Å². The van der Waals surface area contributed by atoms with Crippen LogP contribution >= 0.6 is 31.9 Å². The van der Waals surface area contributed by atoms with Gasteiger partial charge in [-0.15, -0.1) is 0 Å². The highest BCUT2D eigenvalue weighted by atomic mass is 79.9. The molecule has 0 saturated carbocycles. The molecule has 10 heteroatoms. The lowest BCUT2D eigenvalue weighted by Crippen LogP contribution is -2.16. The average Bonchev–Trinajstić information content (AvgIpc) is 2.40. The van der Waals surface area contributed by atoms with Crippen LogP contribution in [0, 0.1) is 0 Å². The summed E-state index contributed by atoms with van der Waals surface area (Å²) in [6.07, 6.45) is -4.71. The van der Waals surface area contributed by atoms with Gasteiger partial charge >= 0.3 is 6.18 Å². The van der Waals surface area contributed by atoms with Crippen LogP contribution < -0.4 is 16.0 Å². The van der Waals surface area contributed by atoms with Gasteiger partial charge in [-0.1, -0.05) is 15.9 Å². The first kappa shape index (κ1) is 16.0. The lowest BCUT2D eigenvalue weighted by molar-refractivity contribution is -0.145. The van der Waals surface area contributed by atoms with Crippen molar-refractivity contribution < 1.29 is 17.9 Å². The Bertz CT molecular complexity index is 666. The topological polar surface area (TPSA) is 73.1 Å². The van der Waals surface area contributed by atoms with Crippen molar-refractivity contribution in [2.45, 2.75) is 6.18 Å². The Labute approximate surface area is 133 Å². The van der Waals surface area contributed by atoms with Crippen LogP contribution in [-0.2, 0) is 6.18 Å². The average molecular weight is 428 g/mol. The summed E-state index contributed by atoms with van der Waals surface area (Å²) in [6, 6.07) is 6.08. The summed E-state index contributed by atoms with van der Waals surface area (Å²) in [5.41, 5.74) is 2.04. The predicted molar refractivity (Wildman–Crippen MR) is 76.8 cm³/mol. The molecule has 1 heterocycles. The van der Waals surface area contributed by atoms with Gasteiger partial charge in [0.2, 0.25) is 11.7 Å². The number of anilines is 1. The maximum atomic E-state index is 12.7. The molecule has 0 saturated heterocycles. The molecule has 21 heavy (non-hydrogen) atoms. The normalized spacial score (nSPS) is 11.3. The minimum absolute atomic E-state index is 0.208. The van der Waals surface area contributed by atoms with Gasteiger partial charge in [-0.05, 0) is 34.1 Å². The van der Waals surface area contributed by atoms with Gasteiger partial charge in [0, 0.05) is 10.5 Å². The van der Waals surface area contributed by atoms with Crippen LogP contribution in [0.5, 0.6) is 11.6 Å². The van der Waals surface area contributed by atoms with Crippen LogP contribution in [-0.4, -0.2) is 9.97 Å². The third-order valence-corrected chi connectivity index (χ3v) is 3.33. The van der Waals surface area contributed by atoms with Crippen molar-refractivity contribution >= 4 is 37.7 Å². The Morgan fingerprint density at radius 3 is 2.43 bits per heavy atom. The zero-order valence-corrected chi connectivity index (χ0v) is 13.3. The number of nitrogens with two attached hydrogens (primary N) is 1. The van der Waals surface area contributed by atoms with Crippen molar-refractivity contribution in [1.82, 2.24) is 9.97 Å². The van der Waals surface area contributed by atoms with Gasteiger partial charge in [0.05, 0.1) is 4.47 Å². The fourth-order valence-corrected chi connectivity index (χ4v) is 2.48. The molecule has 0 aliphatic rings. The fourth-order valence-electron chi connectivity index (χ4n) is 1.35. The Balaban J connectivity index is 2.39. The minimum Gasteiger partial charge on any atom is -0.438 e. The maximum absolute atomic E-state index is 12.7. The molecule has 0 fully saturated rings. The molecule has 0 amide bonds. The molecule has 1 aromatic carbocycles. The van der Waals surface area contributed by atoms with Gasteiger partial charge in [-0.3, -0.25) is 0 Å². The summed E-state index contributed by atoms with van der Waals surface area (Å²) in [7, 11) is 0. The van der Waals surface area contributed by atoms with E-state index in [2.05, 4.69) is 41.8 Å². The molecule has 0 bridgehead atoms. The fraction of sp³-hybridized carbons (Fsp3) is 0.0909. The van der Waals surface area contributed by atoms with Crippen molar-refractivity contribution in [3.05, 3.63) is 39.0 Å². The molecule has 3 N–H and O–H groups in total. The number of hydrazine groups is 1. The minimum atomic E-state index is -4.71. The third-order valence-electron chi connectivity index (χ3n) is 2.21. The van der Waals surface area contributed by atoms with E-state index in [0.29, 0.717) is 10.2 Å². The first-order valence-corrected chi connectivity index (χ1v) is 6.94. The third kappa shape index (κ3) is 4.05. The molecular weight excluding hydrogens is 421 g/mol. The molecule has 112 valence electrons. The summed E-state index contributed by atoms with van der Waals surface area (Å²) in [4.78, 5) is 6.55. The number of alkyl halides is 3. The summed E-state index contributed by atoms with van der Waals surface area (Å²) >= 11 is 6.49. The van der Waals surface area contributed by atoms with E-state index in [4.69, 9.17) is 10.6 Å². The molecule has 0 spiro atoms. The van der Waals surface area contributed by atoms with Gasteiger partial charge in [0.15, 0.2) is 0 Å². The molecular formula is C11H7Br2F3N4O. The van der Waals surface area contributed by atoms with Gasteiger partial charge in [0.1, 0.15) is 11.6 Å². The number of halogens is 5. The maximum Gasteiger partial charge on any atom is 0.451 e. The first-order valence-electron chi connectivity index (χ1n) is 5.35. The van der Waals surface area contributed by atoms with Gasteiger partial charge in [-0.25, -0.2) is 10.8 Å². The highest BCUT2D eigenvalue weighted by Gasteiger charge is 2.35. The van der Waals surface area contributed by atoms with E-state index in [9.17, 15) is 13.2 Å². The standard InChI is InChI=1S/C11H7Br2F3N4O/c12-5-1-2-7(6(13)3-5)21-9-4-8(20-17)18-10(19-9)11(14,15)16/h1-4H,17H2,(H,18,19,20). The highest BCUT2D eigenvalue weighted by molar-refractivity contribution is 9.11. The molecule has 0 aliphatic heterocycles. The van der Waals surface area contributed by atoms with Crippen LogP contribution in [0.4, 0.5) is 19.0 Å². The summed E-state index contributed by atoms with van der Waals surface area (Å²) < 4.78 is 44.7. The van der Waals surface area contributed by atoms with Gasteiger partial charge < -0.3 is 10.2 Å². The largest absolute Gasteiger partial charge is 0.451 e. The van der Waals surface area contributed by atoms with Crippen LogP contribution in [0.3, 0.4) is 0 Å². The van der Waals surface area contributed by atoms with Crippen LogP contribution in [0.15, 0.2) is 33.2 Å². The SMILES string of the molecule is NNc1cc(Oc2ccc(Br)cc2Br)nc(C(F)(F)F)n1. The van der Waals surface area contributed by atoms with Crippen molar-refractivity contribution in [2.24, 2.45) is 5.84 Å². The zero-order chi connectivity index (χ0) is 15.6. The Kier molecular flexibility index (Phi) is 4.69. The van der Waals surface area contributed by atoms with Gasteiger partial charge in [-0.2, -0.15) is 18.2 Å². The lowest BCUT2D eigenvalue weighted by atomic mass is 10.3. The molecule has 5 nitrogen and oxygen atoms in total. The number of benzene rings is 1. The molecule has 0 unspecified atom stereocenters. The summed E-state index contributed by atoms with van der Waals surface area (Å²) in [6.45, 7) is 0. The zero-order valence-electron chi connectivity index (χ0n) is 10.1. The van der Waals surface area contributed by atoms with E-state index in [1.807, 2.05) is 5.43 Å². The molecule has 2 rings (SSSR count). The van der Waals surface area contributed by atoms with E-state index >= 15 is 0 Å². The van der Waals surface area contributed by atoms with Crippen LogP contribution in [0.25, 0.3) is 0 Å². The number of rotatable bonds is 3. The summed E-state index contributed by atoms with van der Waals surface area (Å²) in [5.74, 6) is 3.56. The lowest BCUT2D eigenvalue weighted by Gasteiger charge is -2.11. The summed E-state index contributed by atoms with van der Waals surface area (Å²) in [5, 5.41) is 0. The monoisotopic (exact) mass is 426 g/mol. The Morgan fingerprint density at radius 2 is 1.86 bits per heavy atom. The van der Waals surface area contributed by atoms with Crippen LogP contribution in [0.2, 0.25) is 0 Å². The molecule has 0 atom stereocenters. The molecule has 2 aromatic rings. The predicted octanol–water partition coefficient (Wildman–Crippen LogP) is 4.10. The first-order chi connectivity index (χ1) is 9.79. The van der Waals surface area contributed by atoms with Crippen molar-refractivity contribution in [1.29, 1.82) is 0 Å². The number of hydrogen-bond donors (Lipinski definition) is 2. The van der Waals surface area contributed by atoms with E-state index in [0.717, 1.165) is 10.5 Å². The second-order valence-corrected chi connectivity index (χ2v) is 5.50.